The zero-order valence-electron chi connectivity index (χ0n) is 16.9. The van der Waals surface area contributed by atoms with Crippen LogP contribution in [0.25, 0.3) is 11.3 Å². The lowest BCUT2D eigenvalue weighted by molar-refractivity contribution is 0.0946. The number of halogens is 1. The van der Waals surface area contributed by atoms with Crippen molar-refractivity contribution < 1.29 is 9.53 Å². The summed E-state index contributed by atoms with van der Waals surface area (Å²) < 4.78 is 7.10. The van der Waals surface area contributed by atoms with E-state index >= 15 is 0 Å². The van der Waals surface area contributed by atoms with Crippen molar-refractivity contribution in [1.82, 2.24) is 15.1 Å². The van der Waals surface area contributed by atoms with Gasteiger partial charge in [-0.3, -0.25) is 9.48 Å². The van der Waals surface area contributed by atoms with Crippen LogP contribution in [0.1, 0.15) is 29.8 Å². The number of carbonyl (C=O) groups excluding carboxylic acids is 1. The minimum absolute atomic E-state index is 0. The Balaban J connectivity index is 0.00000300. The molecule has 0 unspecified atom stereocenters. The lowest BCUT2D eigenvalue weighted by Crippen LogP contribution is -2.45. The summed E-state index contributed by atoms with van der Waals surface area (Å²) in [5.41, 5.74) is 8.56. The van der Waals surface area contributed by atoms with Crippen LogP contribution in [0, 0.1) is 0 Å². The number of ether oxygens (including phenoxy) is 1. The van der Waals surface area contributed by atoms with Gasteiger partial charge in [0.15, 0.2) is 0 Å². The first-order valence-electron chi connectivity index (χ1n) is 9.18. The van der Waals surface area contributed by atoms with E-state index in [1.54, 1.807) is 18.0 Å². The summed E-state index contributed by atoms with van der Waals surface area (Å²) in [5, 5.41) is 7.59. The molecule has 1 aromatic heterocycles. The van der Waals surface area contributed by atoms with Gasteiger partial charge in [0.05, 0.1) is 19.2 Å². The highest BCUT2D eigenvalue weighted by molar-refractivity contribution is 5.99. The van der Waals surface area contributed by atoms with Crippen LogP contribution in [0.4, 0.5) is 0 Å². The number of nitrogens with one attached hydrogen (secondary N) is 1. The fraction of sp³-hybridized carbons (Fsp3) is 0.273. The average Bonchev–Trinajstić information content (AvgIpc) is 3.10. The molecule has 0 radical (unpaired) electrons. The van der Waals surface area contributed by atoms with Gasteiger partial charge in [-0.2, -0.15) is 5.10 Å². The van der Waals surface area contributed by atoms with E-state index in [4.69, 9.17) is 10.5 Å². The van der Waals surface area contributed by atoms with Crippen LogP contribution in [0.3, 0.4) is 0 Å². The van der Waals surface area contributed by atoms with Crippen molar-refractivity contribution in [2.75, 3.05) is 13.7 Å². The van der Waals surface area contributed by atoms with Crippen molar-refractivity contribution in [3.8, 4) is 17.0 Å². The highest BCUT2D eigenvalue weighted by Gasteiger charge is 2.20. The highest BCUT2D eigenvalue weighted by Crippen LogP contribution is 2.26. The number of nitrogens with zero attached hydrogens (tertiary/aromatic N) is 2. The zero-order valence-corrected chi connectivity index (χ0v) is 17.7. The number of benzene rings is 2. The fourth-order valence-corrected chi connectivity index (χ4v) is 2.83. The van der Waals surface area contributed by atoms with Crippen LogP contribution in [0.15, 0.2) is 60.8 Å². The Morgan fingerprint density at radius 1 is 1.17 bits per heavy atom. The second-order valence-corrected chi connectivity index (χ2v) is 7.48. The second kappa shape index (κ2) is 9.58. The Kier molecular flexibility index (Phi) is 7.42. The molecule has 154 valence electrons. The Morgan fingerprint density at radius 2 is 1.90 bits per heavy atom. The summed E-state index contributed by atoms with van der Waals surface area (Å²) in [4.78, 5) is 12.9. The van der Waals surface area contributed by atoms with Crippen molar-refractivity contribution in [2.24, 2.45) is 5.73 Å². The maximum absolute atomic E-state index is 12.9. The van der Waals surface area contributed by atoms with Crippen LogP contribution in [-0.2, 0) is 6.54 Å². The monoisotopic (exact) mass is 414 g/mol. The molecular formula is C22H27ClN4O2. The number of amides is 1. The molecule has 0 aliphatic rings. The predicted octanol–water partition coefficient (Wildman–Crippen LogP) is 3.50. The molecule has 3 N–H and O–H groups in total. The molecule has 0 fully saturated rings. The number of rotatable bonds is 7. The van der Waals surface area contributed by atoms with E-state index in [1.165, 1.54) is 0 Å². The SMILES string of the molecule is COc1cccc(-c2nn(Cc3ccccc3)cc2C(=O)NCC(C)(C)N)c1.Cl. The van der Waals surface area contributed by atoms with Gasteiger partial charge in [-0.1, -0.05) is 42.5 Å². The smallest absolute Gasteiger partial charge is 0.255 e. The highest BCUT2D eigenvalue weighted by atomic mass is 35.5. The van der Waals surface area contributed by atoms with E-state index < -0.39 is 5.54 Å². The number of aromatic nitrogens is 2. The number of nitrogens with two attached hydrogens (primary N) is 1. The number of carbonyl (C=O) groups is 1. The standard InChI is InChI=1S/C22H26N4O2.ClH/c1-22(2,23)15-24-21(27)19-14-26(13-16-8-5-4-6-9-16)25-20(19)17-10-7-11-18(12-17)28-3;/h4-12,14H,13,15,23H2,1-3H3,(H,24,27);1H. The third-order valence-electron chi connectivity index (χ3n) is 4.24. The zero-order chi connectivity index (χ0) is 20.1. The molecule has 7 heteroatoms. The Bertz CT molecular complexity index is 949. The normalized spacial score (nSPS) is 10.9. The molecule has 0 spiro atoms. The van der Waals surface area contributed by atoms with Gasteiger partial charge < -0.3 is 15.8 Å². The Morgan fingerprint density at radius 3 is 2.55 bits per heavy atom. The van der Waals surface area contributed by atoms with Crippen molar-refractivity contribution in [3.63, 3.8) is 0 Å². The molecule has 3 aromatic rings. The van der Waals surface area contributed by atoms with Gasteiger partial charge in [0.1, 0.15) is 11.4 Å². The van der Waals surface area contributed by atoms with E-state index in [2.05, 4.69) is 10.4 Å². The first kappa shape index (κ1) is 22.5. The van der Waals surface area contributed by atoms with E-state index in [9.17, 15) is 4.79 Å². The van der Waals surface area contributed by atoms with Gasteiger partial charge in [-0.15, -0.1) is 12.4 Å². The maximum atomic E-state index is 12.9. The van der Waals surface area contributed by atoms with E-state index in [0.29, 0.717) is 30.1 Å². The maximum Gasteiger partial charge on any atom is 0.255 e. The summed E-state index contributed by atoms with van der Waals surface area (Å²) >= 11 is 0. The quantitative estimate of drug-likeness (QED) is 0.620. The van der Waals surface area contributed by atoms with Gasteiger partial charge in [-0.25, -0.2) is 0 Å². The lowest BCUT2D eigenvalue weighted by atomic mass is 10.1. The van der Waals surface area contributed by atoms with Crippen molar-refractivity contribution in [3.05, 3.63) is 71.9 Å². The summed E-state index contributed by atoms with van der Waals surface area (Å²) in [5.74, 6) is 0.514. The van der Waals surface area contributed by atoms with Crippen LogP contribution in [0.5, 0.6) is 5.75 Å². The van der Waals surface area contributed by atoms with Crippen LogP contribution in [0.2, 0.25) is 0 Å². The molecule has 0 bridgehead atoms. The molecule has 6 nitrogen and oxygen atoms in total. The van der Waals surface area contributed by atoms with Gasteiger partial charge in [0, 0.05) is 23.8 Å². The van der Waals surface area contributed by atoms with Gasteiger partial charge >= 0.3 is 0 Å². The topological polar surface area (TPSA) is 82.2 Å². The number of hydrogen-bond donors (Lipinski definition) is 2. The van der Waals surface area contributed by atoms with Crippen LogP contribution >= 0.6 is 12.4 Å². The van der Waals surface area contributed by atoms with Crippen molar-refractivity contribution >= 4 is 18.3 Å². The van der Waals surface area contributed by atoms with Crippen molar-refractivity contribution in [2.45, 2.75) is 25.9 Å². The summed E-state index contributed by atoms with van der Waals surface area (Å²) in [6, 6.07) is 17.5. The van der Waals surface area contributed by atoms with Crippen LogP contribution < -0.4 is 15.8 Å². The molecule has 0 aliphatic carbocycles. The molecule has 0 saturated carbocycles. The average molecular weight is 415 g/mol. The molecular weight excluding hydrogens is 388 g/mol. The molecule has 0 aliphatic heterocycles. The Hall–Kier alpha value is -2.83. The van der Waals surface area contributed by atoms with E-state index in [0.717, 1.165) is 11.1 Å². The van der Waals surface area contributed by atoms with Crippen molar-refractivity contribution in [1.29, 1.82) is 0 Å². The number of methoxy groups -OCH3 is 1. The van der Waals surface area contributed by atoms with E-state index in [-0.39, 0.29) is 18.3 Å². The third-order valence-corrected chi connectivity index (χ3v) is 4.24. The van der Waals surface area contributed by atoms with Gasteiger partial charge in [0.2, 0.25) is 0 Å². The summed E-state index contributed by atoms with van der Waals surface area (Å²) in [6.45, 7) is 4.69. The summed E-state index contributed by atoms with van der Waals surface area (Å²) in [7, 11) is 1.62. The largest absolute Gasteiger partial charge is 0.497 e. The molecule has 1 amide bonds. The summed E-state index contributed by atoms with van der Waals surface area (Å²) in [6.07, 6.45) is 1.78. The first-order chi connectivity index (χ1) is 13.4. The molecule has 2 aromatic carbocycles. The molecule has 1 heterocycles. The van der Waals surface area contributed by atoms with Crippen LogP contribution in [-0.4, -0.2) is 34.9 Å². The third kappa shape index (κ3) is 6.07. The molecule has 29 heavy (non-hydrogen) atoms. The van der Waals surface area contributed by atoms with Gasteiger partial charge in [-0.05, 0) is 31.5 Å². The van der Waals surface area contributed by atoms with Gasteiger partial charge in [0.25, 0.3) is 5.91 Å². The molecule has 3 rings (SSSR count). The number of hydrogen-bond acceptors (Lipinski definition) is 4. The molecule has 0 saturated heterocycles. The predicted molar refractivity (Wildman–Crippen MR) is 118 cm³/mol. The first-order valence-corrected chi connectivity index (χ1v) is 9.18. The fourth-order valence-electron chi connectivity index (χ4n) is 2.83. The minimum Gasteiger partial charge on any atom is -0.497 e. The molecule has 0 atom stereocenters. The lowest BCUT2D eigenvalue weighted by Gasteiger charge is -2.18. The van der Waals surface area contributed by atoms with E-state index in [1.807, 2.05) is 68.4 Å². The minimum atomic E-state index is -0.494. The Labute approximate surface area is 177 Å². The second-order valence-electron chi connectivity index (χ2n) is 7.48.